The third-order valence-corrected chi connectivity index (χ3v) is 8.03. The molecule has 0 fully saturated rings. The first-order valence-electron chi connectivity index (χ1n) is 11.8. The van der Waals surface area contributed by atoms with Crippen LogP contribution in [0.1, 0.15) is 5.76 Å². The highest BCUT2D eigenvalue weighted by Gasteiger charge is 2.29. The summed E-state index contributed by atoms with van der Waals surface area (Å²) < 4.78 is 58.3. The summed E-state index contributed by atoms with van der Waals surface area (Å²) in [7, 11) is -4.28. The van der Waals surface area contributed by atoms with Crippen LogP contribution in [-0.4, -0.2) is 40.3 Å². The van der Waals surface area contributed by atoms with E-state index in [-0.39, 0.29) is 22.9 Å². The van der Waals surface area contributed by atoms with Gasteiger partial charge < -0.3 is 13.9 Å². The van der Waals surface area contributed by atoms with Crippen molar-refractivity contribution < 1.29 is 31.5 Å². The van der Waals surface area contributed by atoms with Crippen LogP contribution in [0.5, 0.6) is 11.5 Å². The fourth-order valence-corrected chi connectivity index (χ4v) is 5.76. The van der Waals surface area contributed by atoms with Crippen molar-refractivity contribution in [3.8, 4) is 22.8 Å². The van der Waals surface area contributed by atoms with Gasteiger partial charge in [0.05, 0.1) is 21.8 Å². The zero-order chi connectivity index (χ0) is 28.3. The summed E-state index contributed by atoms with van der Waals surface area (Å²) in [5.74, 6) is 0.118. The normalized spacial score (nSPS) is 12.9. The molecule has 4 aromatic rings. The summed E-state index contributed by atoms with van der Waals surface area (Å²) in [6, 6.07) is 17.1. The molecule has 1 aliphatic heterocycles. The summed E-state index contributed by atoms with van der Waals surface area (Å²) in [5, 5.41) is 4.75. The molecule has 2 heterocycles. The zero-order valence-corrected chi connectivity index (χ0v) is 22.8. The van der Waals surface area contributed by atoms with E-state index in [1.807, 2.05) is 0 Å². The molecule has 40 heavy (non-hydrogen) atoms. The van der Waals surface area contributed by atoms with Crippen LogP contribution in [0.2, 0.25) is 10.0 Å². The van der Waals surface area contributed by atoms with Gasteiger partial charge in [0, 0.05) is 16.7 Å². The molecule has 3 aromatic carbocycles. The first-order valence-corrected chi connectivity index (χ1v) is 14.0. The van der Waals surface area contributed by atoms with E-state index in [1.165, 1.54) is 36.5 Å². The predicted molar refractivity (Wildman–Crippen MR) is 148 cm³/mol. The summed E-state index contributed by atoms with van der Waals surface area (Å²) >= 11 is 12.2. The molecule has 0 radical (unpaired) electrons. The van der Waals surface area contributed by atoms with Crippen molar-refractivity contribution in [3.05, 3.63) is 94.4 Å². The largest absolute Gasteiger partial charge is 0.486 e. The maximum atomic E-state index is 13.6. The Morgan fingerprint density at radius 3 is 2.48 bits per heavy atom. The van der Waals surface area contributed by atoms with Crippen LogP contribution in [0.15, 0.2) is 87.2 Å². The average Bonchev–Trinajstić information content (AvgIpc) is 3.40. The number of hydrazone groups is 1. The summed E-state index contributed by atoms with van der Waals surface area (Å²) in [4.78, 5) is 12.6. The number of ether oxygens (including phenoxy) is 2. The molecule has 9 nitrogen and oxygen atoms in total. The number of hydrogen-bond donors (Lipinski definition) is 1. The Kier molecular flexibility index (Phi) is 7.97. The van der Waals surface area contributed by atoms with E-state index in [1.54, 1.807) is 30.3 Å². The lowest BCUT2D eigenvalue weighted by Crippen LogP contribution is -2.39. The molecule has 0 bridgehead atoms. The van der Waals surface area contributed by atoms with Gasteiger partial charge >= 0.3 is 0 Å². The Labute approximate surface area is 238 Å². The molecule has 1 N–H and O–H groups in total. The lowest BCUT2D eigenvalue weighted by Gasteiger charge is -2.25. The lowest BCUT2D eigenvalue weighted by atomic mass is 10.2. The molecular formula is C27H20Cl2FN3O6S. The molecule has 1 amide bonds. The van der Waals surface area contributed by atoms with Gasteiger partial charge in [-0.2, -0.15) is 5.10 Å². The number of rotatable bonds is 8. The van der Waals surface area contributed by atoms with Gasteiger partial charge in [0.1, 0.15) is 37.1 Å². The molecule has 1 aliphatic rings. The van der Waals surface area contributed by atoms with E-state index in [0.29, 0.717) is 39.5 Å². The van der Waals surface area contributed by atoms with Crippen LogP contribution < -0.4 is 19.2 Å². The molecule has 13 heteroatoms. The highest BCUT2D eigenvalue weighted by molar-refractivity contribution is 7.92. The standard InChI is InChI=1S/C27H20Cl2FN3O6S/c28-17-1-8-22(23(29)13-17)24-9-6-20(39-24)15-31-32-27(34)16-33(19-4-2-18(30)3-5-19)40(35,36)21-7-10-25-26(14-21)38-12-11-37-25/h1-10,13-15H,11-12,16H2,(H,32,34)/b31-15-. The first kappa shape index (κ1) is 27.5. The third kappa shape index (κ3) is 6.06. The Hall–Kier alpha value is -4.06. The van der Waals surface area contributed by atoms with Crippen LogP contribution in [0.25, 0.3) is 11.3 Å². The minimum atomic E-state index is -4.28. The molecule has 5 rings (SSSR count). The minimum absolute atomic E-state index is 0.0749. The molecule has 0 unspecified atom stereocenters. The molecule has 0 saturated carbocycles. The topological polar surface area (TPSA) is 110 Å². The molecule has 1 aromatic heterocycles. The average molecular weight is 604 g/mol. The molecule has 0 spiro atoms. The monoisotopic (exact) mass is 603 g/mol. The third-order valence-electron chi connectivity index (χ3n) is 5.71. The Morgan fingerprint density at radius 1 is 0.975 bits per heavy atom. The molecule has 0 saturated heterocycles. The number of benzene rings is 3. The number of sulfonamides is 1. The maximum Gasteiger partial charge on any atom is 0.264 e. The second-order valence-electron chi connectivity index (χ2n) is 8.41. The van der Waals surface area contributed by atoms with Crippen LogP contribution in [0.3, 0.4) is 0 Å². The number of carbonyl (C=O) groups is 1. The van der Waals surface area contributed by atoms with Crippen molar-refractivity contribution in [3.63, 3.8) is 0 Å². The predicted octanol–water partition coefficient (Wildman–Crippen LogP) is 5.51. The van der Waals surface area contributed by atoms with E-state index in [0.717, 1.165) is 16.4 Å². The molecule has 0 aliphatic carbocycles. The minimum Gasteiger partial charge on any atom is -0.486 e. The van der Waals surface area contributed by atoms with Crippen LogP contribution in [-0.2, 0) is 14.8 Å². The van der Waals surface area contributed by atoms with Crippen LogP contribution in [0.4, 0.5) is 10.1 Å². The van der Waals surface area contributed by atoms with Gasteiger partial charge in [-0.1, -0.05) is 23.2 Å². The van der Waals surface area contributed by atoms with Crippen molar-refractivity contribution in [2.24, 2.45) is 5.10 Å². The number of carbonyl (C=O) groups excluding carboxylic acids is 1. The van der Waals surface area contributed by atoms with Gasteiger partial charge in [0.25, 0.3) is 15.9 Å². The number of amides is 1. The van der Waals surface area contributed by atoms with E-state index < -0.39 is 28.3 Å². The molecular weight excluding hydrogens is 584 g/mol. The highest BCUT2D eigenvalue weighted by Crippen LogP contribution is 2.34. The number of furan rings is 1. The summed E-state index contributed by atoms with van der Waals surface area (Å²) in [6.45, 7) is -0.0400. The molecule has 206 valence electrons. The highest BCUT2D eigenvalue weighted by atomic mass is 35.5. The smallest absolute Gasteiger partial charge is 0.264 e. The fourth-order valence-electron chi connectivity index (χ4n) is 3.82. The van der Waals surface area contributed by atoms with E-state index in [4.69, 9.17) is 37.1 Å². The van der Waals surface area contributed by atoms with Crippen molar-refractivity contribution in [2.45, 2.75) is 4.90 Å². The van der Waals surface area contributed by atoms with Gasteiger partial charge in [0.2, 0.25) is 0 Å². The number of hydrogen-bond acceptors (Lipinski definition) is 7. The lowest BCUT2D eigenvalue weighted by molar-refractivity contribution is -0.119. The number of fused-ring (bicyclic) bond motifs is 1. The zero-order valence-electron chi connectivity index (χ0n) is 20.5. The molecule has 0 atom stereocenters. The van der Waals surface area contributed by atoms with Crippen molar-refractivity contribution in [2.75, 3.05) is 24.1 Å². The SMILES string of the molecule is O=C(CN(c1ccc(F)cc1)S(=O)(=O)c1ccc2c(c1)OCCO2)N/N=C\c1ccc(-c2ccc(Cl)cc2Cl)o1. The van der Waals surface area contributed by atoms with Crippen molar-refractivity contribution >= 4 is 51.0 Å². The quantitative estimate of drug-likeness (QED) is 0.210. The number of nitrogens with one attached hydrogen (secondary N) is 1. The maximum absolute atomic E-state index is 13.6. The second kappa shape index (κ2) is 11.6. The Bertz CT molecular complexity index is 1690. The van der Waals surface area contributed by atoms with Crippen molar-refractivity contribution in [1.82, 2.24) is 5.43 Å². The van der Waals surface area contributed by atoms with Crippen LogP contribution in [0, 0.1) is 5.82 Å². The van der Waals surface area contributed by atoms with Crippen LogP contribution >= 0.6 is 23.2 Å². The van der Waals surface area contributed by atoms with Crippen molar-refractivity contribution in [1.29, 1.82) is 0 Å². The Balaban J connectivity index is 1.33. The van der Waals surface area contributed by atoms with Gasteiger partial charge in [0.15, 0.2) is 11.5 Å². The fraction of sp³-hybridized carbons (Fsp3) is 0.111. The number of anilines is 1. The first-order chi connectivity index (χ1) is 19.2. The van der Waals surface area contributed by atoms with Gasteiger partial charge in [-0.3, -0.25) is 9.10 Å². The van der Waals surface area contributed by atoms with Gasteiger partial charge in [-0.15, -0.1) is 0 Å². The number of nitrogens with zero attached hydrogens (tertiary/aromatic N) is 2. The summed E-state index contributed by atoms with van der Waals surface area (Å²) in [6.07, 6.45) is 1.25. The summed E-state index contributed by atoms with van der Waals surface area (Å²) in [5.41, 5.74) is 2.98. The van der Waals surface area contributed by atoms with E-state index in [9.17, 15) is 17.6 Å². The Morgan fingerprint density at radius 2 is 1.73 bits per heavy atom. The second-order valence-corrected chi connectivity index (χ2v) is 11.1. The van der Waals surface area contributed by atoms with Gasteiger partial charge in [-0.05, 0) is 66.7 Å². The van der Waals surface area contributed by atoms with E-state index >= 15 is 0 Å². The van der Waals surface area contributed by atoms with Gasteiger partial charge in [-0.25, -0.2) is 18.2 Å². The number of halogens is 3. The van der Waals surface area contributed by atoms with E-state index in [2.05, 4.69) is 10.5 Å².